The second kappa shape index (κ2) is 37.5. The zero-order valence-electron chi connectivity index (χ0n) is 56.3. The third-order valence-electron chi connectivity index (χ3n) is 18.6. The Morgan fingerprint density at radius 1 is 0.250 bits per heavy atom. The summed E-state index contributed by atoms with van der Waals surface area (Å²) >= 11 is 0. The molecular weight excluding hydrogens is 1420 g/mol. The van der Waals surface area contributed by atoms with Crippen LogP contribution in [-0.4, -0.2) is 435 Å². The fraction of sp³-hybridized carbons (Fsp3) is 0.914. The van der Waals surface area contributed by atoms with Crippen LogP contribution in [0.25, 0.3) is 0 Å². The van der Waals surface area contributed by atoms with Gasteiger partial charge >= 0.3 is 0 Å². The molecule has 5 amide bonds. The van der Waals surface area contributed by atoms with Gasteiger partial charge in [0, 0.05) is 34.6 Å². The van der Waals surface area contributed by atoms with Gasteiger partial charge in [-0.15, -0.1) is 0 Å². The molecule has 0 bridgehead atoms. The average Bonchev–Trinajstić information content (AvgIpc) is 0.765. The highest BCUT2D eigenvalue weighted by atomic mass is 16.8. The highest BCUT2D eigenvalue weighted by molar-refractivity contribution is 5.75. The highest BCUT2D eigenvalue weighted by Gasteiger charge is 2.61. The van der Waals surface area contributed by atoms with Crippen LogP contribution < -0.4 is 26.6 Å². The summed E-state index contributed by atoms with van der Waals surface area (Å²) in [5.74, 6) is -4.34. The first-order chi connectivity index (χ1) is 49.2. The zero-order valence-corrected chi connectivity index (χ0v) is 56.3. The van der Waals surface area contributed by atoms with Gasteiger partial charge < -0.3 is 205 Å². The Bertz CT molecular complexity index is 2770. The van der Waals surface area contributed by atoms with E-state index in [-0.39, 0.29) is 0 Å². The monoisotopic (exact) mass is 1520 g/mol. The van der Waals surface area contributed by atoms with Crippen molar-refractivity contribution < 1.29 is 202 Å². The number of ether oxygens (including phenoxy) is 15. The van der Waals surface area contributed by atoms with Crippen molar-refractivity contribution in [3.05, 3.63) is 0 Å². The van der Waals surface area contributed by atoms with E-state index in [0.717, 1.165) is 34.6 Å². The van der Waals surface area contributed by atoms with Crippen LogP contribution in [0.1, 0.15) is 34.6 Å². The lowest BCUT2D eigenvalue weighted by atomic mass is 9.93. The number of rotatable bonds is 27. The molecule has 104 heavy (non-hydrogen) atoms. The topological polar surface area (TPSA) is 709 Å². The van der Waals surface area contributed by atoms with E-state index in [2.05, 4.69) is 26.6 Å². The Hall–Kier alpha value is -4.09. The molecule has 26 N–H and O–H groups in total. The molecule has 8 heterocycles. The third-order valence-corrected chi connectivity index (χ3v) is 18.6. The van der Waals surface area contributed by atoms with Gasteiger partial charge in [0.05, 0.1) is 52.9 Å². The van der Waals surface area contributed by atoms with Crippen LogP contribution in [0.15, 0.2) is 0 Å². The number of amides is 5. The molecule has 8 aliphatic rings. The first kappa shape index (κ1) is 85.5. The molecule has 46 heteroatoms. The largest absolute Gasteiger partial charge is 0.394 e. The van der Waals surface area contributed by atoms with Crippen molar-refractivity contribution in [1.29, 1.82) is 0 Å². The van der Waals surface area contributed by atoms with Crippen molar-refractivity contribution in [2.24, 2.45) is 0 Å². The fourth-order valence-electron chi connectivity index (χ4n) is 13.4. The molecular formula is C58H97N5O41. The summed E-state index contributed by atoms with van der Waals surface area (Å²) < 4.78 is 90.5. The summed E-state index contributed by atoms with van der Waals surface area (Å²) in [6.45, 7) is -3.87. The first-order valence-corrected chi connectivity index (χ1v) is 33.1. The molecule has 0 aromatic rings. The maximum absolute atomic E-state index is 13.0. The minimum Gasteiger partial charge on any atom is -0.394 e. The minimum absolute atomic E-state index is 0.783. The normalized spacial score (nSPS) is 47.2. The van der Waals surface area contributed by atoms with Gasteiger partial charge in [0.15, 0.2) is 50.3 Å². The summed E-state index contributed by atoms with van der Waals surface area (Å²) in [5, 5.41) is 246. The van der Waals surface area contributed by atoms with E-state index >= 15 is 0 Å². The number of aliphatic hydroxyl groups excluding tert-OH is 21. The molecule has 46 nitrogen and oxygen atoms in total. The van der Waals surface area contributed by atoms with Gasteiger partial charge in [0.2, 0.25) is 29.5 Å². The lowest BCUT2D eigenvalue weighted by molar-refractivity contribution is -0.403. The minimum atomic E-state index is -2.61. The van der Waals surface area contributed by atoms with Gasteiger partial charge in [-0.05, 0) is 0 Å². The van der Waals surface area contributed by atoms with E-state index in [4.69, 9.17) is 71.1 Å². The molecule has 600 valence electrons. The zero-order chi connectivity index (χ0) is 76.8. The molecule has 0 aromatic carbocycles. The molecule has 0 aromatic heterocycles. The Morgan fingerprint density at radius 2 is 0.510 bits per heavy atom. The van der Waals surface area contributed by atoms with Crippen LogP contribution in [0.2, 0.25) is 0 Å². The number of aliphatic hydroxyl groups is 21. The van der Waals surface area contributed by atoms with E-state index in [0.29, 0.717) is 0 Å². The molecule has 8 fully saturated rings. The second-order valence-corrected chi connectivity index (χ2v) is 26.1. The summed E-state index contributed by atoms with van der Waals surface area (Å²) in [6.07, 6.45) is -72.7. The molecule has 0 radical (unpaired) electrons. The SMILES string of the molecule is CC(=O)N[C@@H]1[C@@H](O)[C@H](O[C@@H]2O[C@H](CO)[C@@H](O[C@@H]3O[C@H](CO[C@H]4O[C@H](CO)[C@@H](O)[C@H](O)[C@@H]4O[C@@H]4O[C@H](CO)[C@@H](O)[C@H](O)[C@H]4NC(C)=O)[C@@H](O[C@@H]4O[C@H](CO)[C@@H](O)[C@H](O)[C@H]4NC(C)=O)[C@H](O[C@H]4O[C@H](CO)[C@@H](O[C@@H]5O[C@H](CO)[C@@H](O)[C@H](O)[C@H]5NC(C)=O)[C@H](O)[C@@H]4O)[C@@H]3O)[C@H](O)[C@H]2NC(C)=O)[C@@H](CO)O[C@H]1O. The Balaban J connectivity index is 1.23. The van der Waals surface area contributed by atoms with Crippen LogP contribution in [0.5, 0.6) is 0 Å². The maximum atomic E-state index is 13.0. The molecule has 8 rings (SSSR count). The molecule has 8 aliphatic heterocycles. The molecule has 8 saturated heterocycles. The van der Waals surface area contributed by atoms with Gasteiger partial charge in [-0.2, -0.15) is 0 Å². The Labute approximate surface area is 589 Å². The number of hydrogen-bond acceptors (Lipinski definition) is 41. The lowest BCUT2D eigenvalue weighted by Crippen LogP contribution is -2.71. The average molecular weight is 1520 g/mol. The number of carbonyl (C=O) groups is 5. The smallest absolute Gasteiger partial charge is 0.217 e. The standard InChI is InChI=1S/C58H97N5O41/c1-14(71)59-27-39(83)45(23(10-68)91-51(27)89)99-55-31(63-18(5)75)40(84)46(24(11-69)96-55)101-57-44(88)49(103-56-43(87)42(86)47(25(12-70)97-56)100-52-28(60-15(2)72)36(80)32(76)19(6-64)92-52)48(102-53-29(61-16(3)73)37(81)33(77)20(7-65)93-53)26(98-57)13-90-58-50(41(85)35(79)22(9-67)95-58)104-54-30(62-17(4)74)38(82)34(78)21(8-66)94-54/h19-58,64-70,76-89H,6-13H2,1-5H3,(H,59,71)(H,60,72)(H,61,73)(H,62,74)(H,63,75)/t19-,20-,21-,22-,23-,24-,25-,26-,27-,28-,29-,30-,31-,32-,33-,34-,35-,36-,37-,38-,39-,40-,41+,42-,43+,44+,45-,46-,47-,48-,49-,50+,51-,52+,53+,54+,55+,56-,57+,58+/m1/s1. The summed E-state index contributed by atoms with van der Waals surface area (Å²) in [7, 11) is 0. The van der Waals surface area contributed by atoms with E-state index in [1.807, 2.05) is 0 Å². The van der Waals surface area contributed by atoms with Gasteiger partial charge in [-0.3, -0.25) is 24.0 Å². The van der Waals surface area contributed by atoms with Gasteiger partial charge in [-0.25, -0.2) is 0 Å². The van der Waals surface area contributed by atoms with Crippen LogP contribution in [-0.2, 0) is 95.0 Å². The van der Waals surface area contributed by atoms with Crippen LogP contribution in [0.4, 0.5) is 0 Å². The molecule has 0 unspecified atom stereocenters. The number of nitrogens with one attached hydrogen (secondary N) is 5. The van der Waals surface area contributed by atoms with Crippen LogP contribution >= 0.6 is 0 Å². The van der Waals surface area contributed by atoms with Crippen molar-refractivity contribution >= 4 is 29.5 Å². The van der Waals surface area contributed by atoms with Gasteiger partial charge in [-0.1, -0.05) is 0 Å². The lowest BCUT2D eigenvalue weighted by Gasteiger charge is -2.52. The van der Waals surface area contributed by atoms with Crippen LogP contribution in [0, 0.1) is 0 Å². The van der Waals surface area contributed by atoms with Crippen molar-refractivity contribution in [2.75, 3.05) is 52.9 Å². The Kier molecular flexibility index (Phi) is 30.9. The molecule has 0 saturated carbocycles. The summed E-state index contributed by atoms with van der Waals surface area (Å²) in [6, 6.07) is -8.95. The van der Waals surface area contributed by atoms with Gasteiger partial charge in [0.25, 0.3) is 0 Å². The van der Waals surface area contributed by atoms with Crippen molar-refractivity contribution in [1.82, 2.24) is 26.6 Å². The van der Waals surface area contributed by atoms with Gasteiger partial charge in [0.1, 0.15) is 195 Å². The Morgan fingerprint density at radius 3 is 0.904 bits per heavy atom. The van der Waals surface area contributed by atoms with E-state index in [9.17, 15) is 131 Å². The predicted molar refractivity (Wildman–Crippen MR) is 322 cm³/mol. The van der Waals surface area contributed by atoms with E-state index in [1.54, 1.807) is 0 Å². The number of hydrogen-bond donors (Lipinski definition) is 26. The number of carbonyl (C=O) groups excluding carboxylic acids is 5. The first-order valence-electron chi connectivity index (χ1n) is 33.1. The van der Waals surface area contributed by atoms with E-state index < -0.39 is 328 Å². The maximum Gasteiger partial charge on any atom is 0.217 e. The van der Waals surface area contributed by atoms with E-state index in [1.165, 1.54) is 0 Å². The summed E-state index contributed by atoms with van der Waals surface area (Å²) in [4.78, 5) is 62.9. The summed E-state index contributed by atoms with van der Waals surface area (Å²) in [5.41, 5.74) is 0. The van der Waals surface area contributed by atoms with Crippen LogP contribution in [0.3, 0.4) is 0 Å². The molecule has 40 atom stereocenters. The third kappa shape index (κ3) is 19.2. The quantitative estimate of drug-likeness (QED) is 0.0363. The van der Waals surface area contributed by atoms with Crippen molar-refractivity contribution in [2.45, 2.75) is 280 Å². The van der Waals surface area contributed by atoms with Crippen molar-refractivity contribution in [3.8, 4) is 0 Å². The predicted octanol–water partition coefficient (Wildman–Crippen LogP) is -17.7. The second-order valence-electron chi connectivity index (χ2n) is 26.1. The molecule has 0 aliphatic carbocycles. The highest BCUT2D eigenvalue weighted by Crippen LogP contribution is 2.40. The van der Waals surface area contributed by atoms with Crippen molar-refractivity contribution in [3.63, 3.8) is 0 Å². The molecule has 0 spiro atoms. The fourth-order valence-corrected chi connectivity index (χ4v) is 13.4.